The van der Waals surface area contributed by atoms with Crippen LogP contribution in [-0.4, -0.2) is 29.6 Å². The molecule has 58 valence electrons. The Balaban J connectivity index is 3.55. The lowest BCUT2D eigenvalue weighted by atomic mass is 10.4. The molecule has 0 aromatic rings. The van der Waals surface area contributed by atoms with Crippen LogP contribution in [0, 0.1) is 0 Å². The van der Waals surface area contributed by atoms with Gasteiger partial charge in [0.1, 0.15) is 0 Å². The zero-order chi connectivity index (χ0) is 7.98. The molecule has 0 spiro atoms. The number of ether oxygens (including phenoxy) is 1. The maximum atomic E-state index is 9.96. The van der Waals surface area contributed by atoms with Crippen LogP contribution in [-0.2, 0) is 9.53 Å². The average Bonchev–Trinajstić information content (AvgIpc) is 1.85. The summed E-state index contributed by atoms with van der Waals surface area (Å²) in [6.07, 6.45) is 2.60. The summed E-state index contributed by atoms with van der Waals surface area (Å²) in [6.45, 7) is 0.476. The first kappa shape index (κ1) is 9.65. The van der Waals surface area contributed by atoms with Crippen molar-refractivity contribution in [1.82, 2.24) is 0 Å². The number of alkyl halides is 1. The second-order valence-electron chi connectivity index (χ2n) is 1.67. The quantitative estimate of drug-likeness (QED) is 0.555. The van der Waals surface area contributed by atoms with Gasteiger partial charge in [0, 0.05) is 13.2 Å². The Morgan fingerprint density at radius 3 is 2.90 bits per heavy atom. The molecule has 0 saturated carbocycles. The Kier molecular flexibility index (Phi) is 5.25. The average molecular weight is 209 g/mol. The van der Waals surface area contributed by atoms with Crippen molar-refractivity contribution in [3.8, 4) is 0 Å². The topological polar surface area (TPSA) is 46.5 Å². The molecule has 0 aliphatic carbocycles. The molecule has 0 heterocycles. The molecule has 0 saturated heterocycles. The third kappa shape index (κ3) is 5.78. The Morgan fingerprint density at radius 2 is 2.50 bits per heavy atom. The lowest BCUT2D eigenvalue weighted by Crippen LogP contribution is -2.03. The van der Waals surface area contributed by atoms with Crippen LogP contribution >= 0.6 is 15.9 Å². The molecule has 0 aliphatic rings. The van der Waals surface area contributed by atoms with E-state index in [1.807, 2.05) is 0 Å². The lowest BCUT2D eigenvalue weighted by molar-refractivity contribution is -0.131. The monoisotopic (exact) mass is 208 g/mol. The van der Waals surface area contributed by atoms with Crippen LogP contribution < -0.4 is 0 Å². The smallest absolute Gasteiger partial charge is 0.328 e. The summed E-state index contributed by atoms with van der Waals surface area (Å²) < 4.78 is 4.74. The van der Waals surface area contributed by atoms with Gasteiger partial charge in [-0.2, -0.15) is 0 Å². The van der Waals surface area contributed by atoms with E-state index in [9.17, 15) is 4.79 Å². The van der Waals surface area contributed by atoms with Crippen molar-refractivity contribution in [3.63, 3.8) is 0 Å². The Morgan fingerprint density at radius 1 is 1.90 bits per heavy atom. The molecule has 1 unspecified atom stereocenters. The highest BCUT2D eigenvalue weighted by Gasteiger charge is 1.96. The van der Waals surface area contributed by atoms with Crippen molar-refractivity contribution in [1.29, 1.82) is 0 Å². The predicted octanol–water partition coefficient (Wildman–Crippen LogP) is 1.04. The summed E-state index contributed by atoms with van der Waals surface area (Å²) in [4.78, 5) is 9.94. The number of hydrogen-bond acceptors (Lipinski definition) is 2. The zero-order valence-electron chi connectivity index (χ0n) is 5.58. The van der Waals surface area contributed by atoms with Gasteiger partial charge in [0.2, 0.25) is 0 Å². The van der Waals surface area contributed by atoms with E-state index in [4.69, 9.17) is 9.84 Å². The van der Waals surface area contributed by atoms with Crippen LogP contribution in [0.25, 0.3) is 0 Å². The second-order valence-corrected chi connectivity index (χ2v) is 2.84. The molecule has 0 radical (unpaired) electrons. The van der Waals surface area contributed by atoms with Crippen molar-refractivity contribution in [2.45, 2.75) is 4.83 Å². The Hall–Kier alpha value is -0.350. The highest BCUT2D eigenvalue weighted by Crippen LogP contribution is 2.00. The minimum atomic E-state index is -0.944. The molecule has 0 rings (SSSR count). The fourth-order valence-corrected chi connectivity index (χ4v) is 0.818. The van der Waals surface area contributed by atoms with E-state index in [1.54, 1.807) is 7.11 Å². The minimum absolute atomic E-state index is 0.0198. The number of carboxylic acid groups (broad SMARTS) is 1. The minimum Gasteiger partial charge on any atom is -0.478 e. The molecule has 0 aliphatic heterocycles. The molecule has 0 fully saturated rings. The first-order valence-corrected chi connectivity index (χ1v) is 3.62. The number of methoxy groups -OCH3 is 1. The van der Waals surface area contributed by atoms with Crippen LogP contribution in [0.5, 0.6) is 0 Å². The van der Waals surface area contributed by atoms with E-state index < -0.39 is 5.97 Å². The van der Waals surface area contributed by atoms with Crippen LogP contribution in [0.4, 0.5) is 0 Å². The summed E-state index contributed by atoms with van der Waals surface area (Å²) in [5.74, 6) is -0.944. The molecule has 0 bridgehead atoms. The predicted molar refractivity (Wildman–Crippen MR) is 41.4 cm³/mol. The van der Waals surface area contributed by atoms with E-state index in [-0.39, 0.29) is 4.83 Å². The standard InChI is InChI=1S/C6H9BrO3/c1-10-4-5(7)2-3-6(8)9/h2-3,5H,4H2,1H3,(H,8,9). The summed E-state index contributed by atoms with van der Waals surface area (Å²) in [7, 11) is 1.56. The zero-order valence-corrected chi connectivity index (χ0v) is 7.17. The van der Waals surface area contributed by atoms with Crippen LogP contribution in [0.3, 0.4) is 0 Å². The SMILES string of the molecule is COCC(Br)C=CC(=O)O. The highest BCUT2D eigenvalue weighted by atomic mass is 79.9. The molecule has 4 heteroatoms. The maximum absolute atomic E-state index is 9.96. The third-order valence-electron chi connectivity index (χ3n) is 0.774. The van der Waals surface area contributed by atoms with Crippen molar-refractivity contribution in [2.75, 3.05) is 13.7 Å². The number of aliphatic carboxylic acids is 1. The Labute approximate surface area is 67.8 Å². The first-order chi connectivity index (χ1) is 4.66. The van der Waals surface area contributed by atoms with Crippen molar-refractivity contribution >= 4 is 21.9 Å². The number of halogens is 1. The Bertz CT molecular complexity index is 133. The molecule has 1 atom stereocenters. The van der Waals surface area contributed by atoms with Gasteiger partial charge in [-0.25, -0.2) is 4.79 Å². The van der Waals surface area contributed by atoms with Crippen molar-refractivity contribution < 1.29 is 14.6 Å². The van der Waals surface area contributed by atoms with E-state index >= 15 is 0 Å². The van der Waals surface area contributed by atoms with E-state index in [0.29, 0.717) is 6.61 Å². The van der Waals surface area contributed by atoms with Gasteiger partial charge in [0.15, 0.2) is 0 Å². The van der Waals surface area contributed by atoms with Crippen LogP contribution in [0.2, 0.25) is 0 Å². The number of hydrogen-bond donors (Lipinski definition) is 1. The van der Waals surface area contributed by atoms with Crippen LogP contribution in [0.15, 0.2) is 12.2 Å². The normalized spacial score (nSPS) is 13.8. The molecular weight excluding hydrogens is 200 g/mol. The molecule has 3 nitrogen and oxygen atoms in total. The van der Waals surface area contributed by atoms with Gasteiger partial charge < -0.3 is 9.84 Å². The summed E-state index contributed by atoms with van der Waals surface area (Å²) in [6, 6.07) is 0. The van der Waals surface area contributed by atoms with E-state index in [1.165, 1.54) is 6.08 Å². The van der Waals surface area contributed by atoms with Gasteiger partial charge in [-0.05, 0) is 0 Å². The molecular formula is C6H9BrO3. The van der Waals surface area contributed by atoms with Gasteiger partial charge in [-0.1, -0.05) is 22.0 Å². The summed E-state index contributed by atoms with van der Waals surface area (Å²) in [5, 5.41) is 8.18. The van der Waals surface area contributed by atoms with Gasteiger partial charge in [0.05, 0.1) is 11.4 Å². The maximum Gasteiger partial charge on any atom is 0.328 e. The lowest BCUT2D eigenvalue weighted by Gasteiger charge is -1.99. The first-order valence-electron chi connectivity index (χ1n) is 2.71. The van der Waals surface area contributed by atoms with Gasteiger partial charge in [0.25, 0.3) is 0 Å². The van der Waals surface area contributed by atoms with E-state index in [0.717, 1.165) is 6.08 Å². The summed E-state index contributed by atoms with van der Waals surface area (Å²) >= 11 is 3.19. The molecule has 0 amide bonds. The van der Waals surface area contributed by atoms with Gasteiger partial charge in [-0.15, -0.1) is 0 Å². The van der Waals surface area contributed by atoms with Crippen molar-refractivity contribution in [3.05, 3.63) is 12.2 Å². The largest absolute Gasteiger partial charge is 0.478 e. The number of rotatable bonds is 4. The fourth-order valence-electron chi connectivity index (χ4n) is 0.402. The fraction of sp³-hybridized carbons (Fsp3) is 0.500. The molecule has 0 aromatic heterocycles. The number of carboxylic acids is 1. The van der Waals surface area contributed by atoms with Crippen LogP contribution in [0.1, 0.15) is 0 Å². The van der Waals surface area contributed by atoms with E-state index in [2.05, 4.69) is 15.9 Å². The summed E-state index contributed by atoms with van der Waals surface area (Å²) in [5.41, 5.74) is 0. The molecule has 1 N–H and O–H groups in total. The molecule has 0 aromatic carbocycles. The highest BCUT2D eigenvalue weighted by molar-refractivity contribution is 9.09. The van der Waals surface area contributed by atoms with Gasteiger partial charge in [-0.3, -0.25) is 0 Å². The van der Waals surface area contributed by atoms with Crippen molar-refractivity contribution in [2.24, 2.45) is 0 Å². The number of carbonyl (C=O) groups is 1. The second kappa shape index (κ2) is 5.44. The van der Waals surface area contributed by atoms with Gasteiger partial charge >= 0.3 is 5.97 Å². The third-order valence-corrected chi connectivity index (χ3v) is 1.34. The molecule has 10 heavy (non-hydrogen) atoms.